The van der Waals surface area contributed by atoms with Crippen molar-refractivity contribution in [3.8, 4) is 0 Å². The van der Waals surface area contributed by atoms with Crippen LogP contribution in [0.1, 0.15) is 17.4 Å². The molecular weight excluding hydrogens is 404 g/mol. The van der Waals surface area contributed by atoms with Gasteiger partial charge in [0.2, 0.25) is 0 Å². The van der Waals surface area contributed by atoms with Crippen LogP contribution in [0, 0.1) is 24.4 Å². The van der Waals surface area contributed by atoms with Crippen LogP contribution in [-0.2, 0) is 0 Å². The Morgan fingerprint density at radius 2 is 1.72 bits per heavy atom. The van der Waals surface area contributed by atoms with Gasteiger partial charge in [0.15, 0.2) is 17.4 Å². The predicted octanol–water partition coefficient (Wildman–Crippen LogP) is 5.17. The average molecular weight is 417 g/mol. The SMILES string of the molecule is Cc1c(C(NC(=O)Nc2cc(N)cc(F)c2)C(F)(F)F)oc2c(F)cc(F)cc12. The lowest BCUT2D eigenvalue weighted by Crippen LogP contribution is -2.40. The van der Waals surface area contributed by atoms with E-state index in [0.717, 1.165) is 24.3 Å². The van der Waals surface area contributed by atoms with E-state index in [4.69, 9.17) is 10.2 Å². The van der Waals surface area contributed by atoms with E-state index in [1.54, 1.807) is 5.32 Å². The number of nitrogens with two attached hydrogens (primary N) is 1. The highest BCUT2D eigenvalue weighted by Crippen LogP contribution is 2.39. The van der Waals surface area contributed by atoms with Crippen molar-refractivity contribution in [2.45, 2.75) is 19.1 Å². The molecule has 0 aliphatic heterocycles. The van der Waals surface area contributed by atoms with E-state index in [1.165, 1.54) is 6.92 Å². The van der Waals surface area contributed by atoms with Gasteiger partial charge in [0.05, 0.1) is 0 Å². The van der Waals surface area contributed by atoms with E-state index in [2.05, 4.69) is 0 Å². The van der Waals surface area contributed by atoms with E-state index in [9.17, 15) is 31.1 Å². The van der Waals surface area contributed by atoms with Crippen LogP contribution >= 0.6 is 0 Å². The summed E-state index contributed by atoms with van der Waals surface area (Å²) >= 11 is 0. The molecule has 0 radical (unpaired) electrons. The molecule has 2 amide bonds. The standard InChI is InChI=1S/C18H13F6N3O2/c1-7-12-4-9(20)5-13(21)15(12)29-14(7)16(18(22,23)24)27-17(28)26-11-3-8(19)2-10(25)6-11/h2-6,16H,25H2,1H3,(H2,26,27,28). The molecular formula is C18H13F6N3O2. The molecule has 1 heterocycles. The van der Waals surface area contributed by atoms with Crippen molar-refractivity contribution in [1.29, 1.82) is 0 Å². The largest absolute Gasteiger partial charge is 0.455 e. The number of hydrogen-bond donors (Lipinski definition) is 3. The minimum atomic E-state index is -5.04. The van der Waals surface area contributed by atoms with Gasteiger partial charge in [-0.25, -0.2) is 18.0 Å². The van der Waals surface area contributed by atoms with Crippen molar-refractivity contribution in [3.63, 3.8) is 0 Å². The van der Waals surface area contributed by atoms with Crippen molar-refractivity contribution in [3.05, 3.63) is 59.1 Å². The molecule has 0 saturated carbocycles. The summed E-state index contributed by atoms with van der Waals surface area (Å²) in [4.78, 5) is 12.1. The number of hydrogen-bond acceptors (Lipinski definition) is 3. The topological polar surface area (TPSA) is 80.3 Å². The number of carbonyl (C=O) groups is 1. The smallest absolute Gasteiger partial charge is 0.416 e. The molecule has 3 aromatic rings. The Bertz CT molecular complexity index is 1070. The van der Waals surface area contributed by atoms with Gasteiger partial charge in [-0.2, -0.15) is 13.2 Å². The van der Waals surface area contributed by atoms with Crippen LogP contribution in [0.2, 0.25) is 0 Å². The van der Waals surface area contributed by atoms with Gasteiger partial charge in [0, 0.05) is 28.4 Å². The van der Waals surface area contributed by atoms with Crippen LogP contribution < -0.4 is 16.4 Å². The Balaban J connectivity index is 1.95. The quantitative estimate of drug-likeness (QED) is 0.407. The fourth-order valence-electron chi connectivity index (χ4n) is 2.82. The van der Waals surface area contributed by atoms with Gasteiger partial charge in [0.25, 0.3) is 0 Å². The van der Waals surface area contributed by atoms with Gasteiger partial charge < -0.3 is 20.8 Å². The van der Waals surface area contributed by atoms with E-state index < -0.39 is 47.0 Å². The van der Waals surface area contributed by atoms with Gasteiger partial charge in [-0.3, -0.25) is 0 Å². The number of alkyl halides is 3. The number of aryl methyl sites for hydroxylation is 1. The number of rotatable bonds is 3. The first-order valence-corrected chi connectivity index (χ1v) is 8.04. The van der Waals surface area contributed by atoms with Crippen LogP contribution in [0.15, 0.2) is 34.7 Å². The fourth-order valence-corrected chi connectivity index (χ4v) is 2.82. The Hall–Kier alpha value is -3.37. The average Bonchev–Trinajstić information content (AvgIpc) is 2.88. The molecule has 4 N–H and O–H groups in total. The molecule has 1 unspecified atom stereocenters. The van der Waals surface area contributed by atoms with Crippen LogP contribution in [-0.4, -0.2) is 12.2 Å². The predicted molar refractivity (Wildman–Crippen MR) is 92.6 cm³/mol. The summed E-state index contributed by atoms with van der Waals surface area (Å²) in [6.45, 7) is 1.17. The Morgan fingerprint density at radius 1 is 1.07 bits per heavy atom. The monoisotopic (exact) mass is 417 g/mol. The summed E-state index contributed by atoms with van der Waals surface area (Å²) in [6, 6.07) is 0.203. The molecule has 0 aliphatic carbocycles. The highest BCUT2D eigenvalue weighted by Gasteiger charge is 2.45. The van der Waals surface area contributed by atoms with Crippen molar-refractivity contribution in [2.24, 2.45) is 0 Å². The Morgan fingerprint density at radius 3 is 2.34 bits per heavy atom. The summed E-state index contributed by atoms with van der Waals surface area (Å²) < 4.78 is 86.3. The van der Waals surface area contributed by atoms with E-state index in [1.807, 2.05) is 5.32 Å². The molecule has 0 aliphatic rings. The van der Waals surface area contributed by atoms with Gasteiger partial charge in [-0.15, -0.1) is 0 Å². The minimum absolute atomic E-state index is 0.0571. The second kappa shape index (κ2) is 7.22. The maximum absolute atomic E-state index is 13.9. The van der Waals surface area contributed by atoms with Crippen molar-refractivity contribution in [2.75, 3.05) is 11.1 Å². The van der Waals surface area contributed by atoms with E-state index >= 15 is 0 Å². The third-order valence-electron chi connectivity index (χ3n) is 4.04. The van der Waals surface area contributed by atoms with E-state index in [0.29, 0.717) is 6.07 Å². The Kier molecular flexibility index (Phi) is 5.07. The molecule has 11 heteroatoms. The molecule has 3 rings (SSSR count). The second-order valence-electron chi connectivity index (χ2n) is 6.20. The molecule has 0 saturated heterocycles. The molecule has 0 spiro atoms. The van der Waals surface area contributed by atoms with Crippen molar-refractivity contribution < 1.29 is 35.6 Å². The summed E-state index contributed by atoms with van der Waals surface area (Å²) in [6.07, 6.45) is -5.04. The number of nitrogens with one attached hydrogen (secondary N) is 2. The number of halogens is 6. The minimum Gasteiger partial charge on any atom is -0.455 e. The molecule has 2 aromatic carbocycles. The first-order chi connectivity index (χ1) is 13.5. The number of anilines is 2. The summed E-state index contributed by atoms with van der Waals surface area (Å²) in [7, 11) is 0. The molecule has 1 atom stereocenters. The van der Waals surface area contributed by atoms with Crippen molar-refractivity contribution >= 4 is 28.4 Å². The highest BCUT2D eigenvalue weighted by molar-refractivity contribution is 5.90. The molecule has 1 aromatic heterocycles. The molecule has 0 fully saturated rings. The van der Waals surface area contributed by atoms with Crippen LogP contribution in [0.4, 0.5) is 42.5 Å². The first-order valence-electron chi connectivity index (χ1n) is 8.04. The zero-order valence-corrected chi connectivity index (χ0v) is 14.6. The lowest BCUT2D eigenvalue weighted by atomic mass is 10.1. The highest BCUT2D eigenvalue weighted by atomic mass is 19.4. The molecule has 154 valence electrons. The number of nitrogen functional groups attached to an aromatic ring is 1. The molecule has 5 nitrogen and oxygen atoms in total. The molecule has 0 bridgehead atoms. The number of fused-ring (bicyclic) bond motifs is 1. The number of amides is 2. The number of furan rings is 1. The Labute approximate surface area is 159 Å². The number of carbonyl (C=O) groups excluding carboxylic acids is 1. The van der Waals surface area contributed by atoms with Gasteiger partial charge in [-0.05, 0) is 31.2 Å². The van der Waals surface area contributed by atoms with Gasteiger partial charge >= 0.3 is 12.2 Å². The van der Waals surface area contributed by atoms with Crippen molar-refractivity contribution in [1.82, 2.24) is 5.32 Å². The maximum atomic E-state index is 13.9. The lowest BCUT2D eigenvalue weighted by Gasteiger charge is -2.21. The third kappa shape index (κ3) is 4.23. The lowest BCUT2D eigenvalue weighted by molar-refractivity contribution is -0.158. The summed E-state index contributed by atoms with van der Waals surface area (Å²) in [5.74, 6) is -3.80. The molecule has 29 heavy (non-hydrogen) atoms. The fraction of sp³-hybridized carbons (Fsp3) is 0.167. The third-order valence-corrected chi connectivity index (χ3v) is 4.04. The van der Waals surface area contributed by atoms with Gasteiger partial charge in [0.1, 0.15) is 17.4 Å². The first kappa shape index (κ1) is 20.4. The van der Waals surface area contributed by atoms with Crippen LogP contribution in [0.25, 0.3) is 11.0 Å². The second-order valence-corrected chi connectivity index (χ2v) is 6.20. The maximum Gasteiger partial charge on any atom is 0.416 e. The zero-order chi connectivity index (χ0) is 21.5. The summed E-state index contributed by atoms with van der Waals surface area (Å²) in [5.41, 5.74) is 4.40. The van der Waals surface area contributed by atoms with Crippen LogP contribution in [0.5, 0.6) is 0 Å². The van der Waals surface area contributed by atoms with E-state index in [-0.39, 0.29) is 22.3 Å². The van der Waals surface area contributed by atoms with Crippen LogP contribution in [0.3, 0.4) is 0 Å². The number of urea groups is 1. The summed E-state index contributed by atoms with van der Waals surface area (Å²) in [5, 5.41) is 3.47. The van der Waals surface area contributed by atoms with Gasteiger partial charge in [-0.1, -0.05) is 0 Å². The normalized spacial score (nSPS) is 12.8. The zero-order valence-electron chi connectivity index (χ0n) is 14.6. The number of benzene rings is 2.